The maximum absolute atomic E-state index is 11.4. The molecule has 0 aromatic heterocycles. The van der Waals surface area contributed by atoms with Gasteiger partial charge in [-0.05, 0) is 20.8 Å². The second-order valence-electron chi connectivity index (χ2n) is 4.22. The molecule has 3 N–H and O–H groups in total. The largest absolute Gasteiger partial charge is 0.394 e. The summed E-state index contributed by atoms with van der Waals surface area (Å²) in [6, 6.07) is 0. The van der Waals surface area contributed by atoms with E-state index in [1.54, 1.807) is 20.8 Å². The van der Waals surface area contributed by atoms with E-state index in [4.69, 9.17) is 10.2 Å². The Bertz CT molecular complexity index is 270. The molecule has 0 aromatic rings. The monoisotopic (exact) mass is 239 g/mol. The minimum atomic E-state index is -3.06. The van der Waals surface area contributed by atoms with E-state index >= 15 is 0 Å². The standard InChI is InChI=1S/C9H21NO4S/c1-8(2)15(13,14)5-4-10-9(3,6-11)7-12/h8,10-12H,4-7H2,1-3H3. The van der Waals surface area contributed by atoms with Crippen molar-refractivity contribution in [2.75, 3.05) is 25.5 Å². The summed E-state index contributed by atoms with van der Waals surface area (Å²) in [5.41, 5.74) is -0.813. The summed E-state index contributed by atoms with van der Waals surface area (Å²) in [5, 5.41) is 20.3. The van der Waals surface area contributed by atoms with Crippen molar-refractivity contribution in [1.29, 1.82) is 0 Å². The van der Waals surface area contributed by atoms with Gasteiger partial charge in [-0.3, -0.25) is 0 Å². The highest BCUT2D eigenvalue weighted by Crippen LogP contribution is 2.03. The van der Waals surface area contributed by atoms with Crippen molar-refractivity contribution in [2.24, 2.45) is 0 Å². The number of aliphatic hydroxyl groups excluding tert-OH is 2. The lowest BCUT2D eigenvalue weighted by Gasteiger charge is -2.26. The van der Waals surface area contributed by atoms with Gasteiger partial charge in [-0.1, -0.05) is 0 Å². The number of hydrogen-bond acceptors (Lipinski definition) is 5. The third kappa shape index (κ3) is 4.92. The number of aliphatic hydroxyl groups is 2. The van der Waals surface area contributed by atoms with Crippen LogP contribution in [0.15, 0.2) is 0 Å². The minimum absolute atomic E-state index is 0.0141. The van der Waals surface area contributed by atoms with Gasteiger partial charge < -0.3 is 15.5 Å². The van der Waals surface area contributed by atoms with Crippen molar-refractivity contribution >= 4 is 9.84 Å². The topological polar surface area (TPSA) is 86.6 Å². The summed E-state index contributed by atoms with van der Waals surface area (Å²) in [4.78, 5) is 0. The van der Waals surface area contributed by atoms with Gasteiger partial charge in [0.15, 0.2) is 9.84 Å². The Morgan fingerprint density at radius 3 is 2.07 bits per heavy atom. The number of hydrogen-bond donors (Lipinski definition) is 3. The summed E-state index contributed by atoms with van der Waals surface area (Å²) >= 11 is 0. The summed E-state index contributed by atoms with van der Waals surface area (Å²) in [7, 11) is -3.06. The van der Waals surface area contributed by atoms with Crippen LogP contribution in [0.4, 0.5) is 0 Å². The van der Waals surface area contributed by atoms with Crippen LogP contribution >= 0.6 is 0 Å². The first-order chi connectivity index (χ1) is 6.77. The van der Waals surface area contributed by atoms with E-state index in [9.17, 15) is 8.42 Å². The fourth-order valence-corrected chi connectivity index (χ4v) is 1.75. The van der Waals surface area contributed by atoms with Crippen LogP contribution < -0.4 is 5.32 Å². The Labute approximate surface area is 91.4 Å². The van der Waals surface area contributed by atoms with Crippen LogP contribution in [0.25, 0.3) is 0 Å². The van der Waals surface area contributed by atoms with Gasteiger partial charge in [0.25, 0.3) is 0 Å². The smallest absolute Gasteiger partial charge is 0.153 e. The van der Waals surface area contributed by atoms with Gasteiger partial charge in [0.05, 0.1) is 29.8 Å². The predicted molar refractivity (Wildman–Crippen MR) is 59.5 cm³/mol. The molecule has 92 valence electrons. The molecule has 0 amide bonds. The number of sulfone groups is 1. The Balaban J connectivity index is 4.10. The summed E-state index contributed by atoms with van der Waals surface area (Å²) in [6.45, 7) is 4.67. The zero-order valence-corrected chi connectivity index (χ0v) is 10.3. The van der Waals surface area contributed by atoms with Crippen molar-refractivity contribution in [1.82, 2.24) is 5.32 Å². The first-order valence-corrected chi connectivity index (χ1v) is 6.67. The predicted octanol–water partition coefficient (Wildman–Crippen LogP) is -0.857. The molecule has 5 nitrogen and oxygen atoms in total. The maximum Gasteiger partial charge on any atom is 0.153 e. The Kier molecular flexibility index (Phi) is 5.72. The van der Waals surface area contributed by atoms with Crippen LogP contribution in [0.5, 0.6) is 0 Å². The third-order valence-corrected chi connectivity index (χ3v) is 4.56. The first-order valence-electron chi connectivity index (χ1n) is 4.96. The molecule has 0 aliphatic heterocycles. The van der Waals surface area contributed by atoms with Crippen LogP contribution in [0.1, 0.15) is 20.8 Å². The molecule has 0 fully saturated rings. The number of nitrogens with one attached hydrogen (secondary N) is 1. The van der Waals surface area contributed by atoms with E-state index in [1.165, 1.54) is 0 Å². The van der Waals surface area contributed by atoms with E-state index < -0.39 is 20.6 Å². The lowest BCUT2D eigenvalue weighted by Crippen LogP contribution is -2.50. The molecule has 0 atom stereocenters. The molecular weight excluding hydrogens is 218 g/mol. The fraction of sp³-hybridized carbons (Fsp3) is 1.00. The van der Waals surface area contributed by atoms with Gasteiger partial charge in [0.1, 0.15) is 0 Å². The normalized spacial score (nSPS) is 13.5. The molecule has 0 spiro atoms. The second kappa shape index (κ2) is 5.79. The molecule has 0 saturated carbocycles. The Morgan fingerprint density at radius 1 is 1.27 bits per heavy atom. The molecule has 15 heavy (non-hydrogen) atoms. The van der Waals surface area contributed by atoms with Gasteiger partial charge in [0, 0.05) is 6.54 Å². The Hall–Kier alpha value is -0.170. The molecule has 0 bridgehead atoms. The highest BCUT2D eigenvalue weighted by atomic mass is 32.2. The molecule has 0 saturated heterocycles. The molecule has 0 rings (SSSR count). The molecule has 0 aliphatic rings. The highest BCUT2D eigenvalue weighted by molar-refractivity contribution is 7.92. The van der Waals surface area contributed by atoms with Crippen molar-refractivity contribution in [3.05, 3.63) is 0 Å². The van der Waals surface area contributed by atoms with Crippen molar-refractivity contribution in [2.45, 2.75) is 31.6 Å². The molecule has 0 heterocycles. The van der Waals surface area contributed by atoms with Gasteiger partial charge >= 0.3 is 0 Å². The Morgan fingerprint density at radius 2 is 1.73 bits per heavy atom. The minimum Gasteiger partial charge on any atom is -0.394 e. The maximum atomic E-state index is 11.4. The van der Waals surface area contributed by atoms with Crippen LogP contribution in [0, 0.1) is 0 Å². The first kappa shape index (κ1) is 14.8. The van der Waals surface area contributed by atoms with E-state index in [2.05, 4.69) is 5.32 Å². The summed E-state index contributed by atoms with van der Waals surface area (Å²) in [6.07, 6.45) is 0. The van der Waals surface area contributed by atoms with Crippen LogP contribution in [0.3, 0.4) is 0 Å². The van der Waals surface area contributed by atoms with E-state index in [-0.39, 0.29) is 25.5 Å². The van der Waals surface area contributed by atoms with E-state index in [0.29, 0.717) is 0 Å². The summed E-state index contributed by atoms with van der Waals surface area (Å²) in [5.74, 6) is 0.0141. The van der Waals surface area contributed by atoms with Crippen molar-refractivity contribution < 1.29 is 18.6 Å². The van der Waals surface area contributed by atoms with Crippen LogP contribution in [-0.2, 0) is 9.84 Å². The van der Waals surface area contributed by atoms with Gasteiger partial charge in [-0.2, -0.15) is 0 Å². The third-order valence-electron chi connectivity index (χ3n) is 2.35. The zero-order valence-electron chi connectivity index (χ0n) is 9.52. The molecule has 0 unspecified atom stereocenters. The molecule has 6 heteroatoms. The lowest BCUT2D eigenvalue weighted by atomic mass is 10.1. The average molecular weight is 239 g/mol. The molecule has 0 aliphatic carbocycles. The highest BCUT2D eigenvalue weighted by Gasteiger charge is 2.23. The van der Waals surface area contributed by atoms with E-state index in [0.717, 1.165) is 0 Å². The SMILES string of the molecule is CC(C)S(=O)(=O)CCNC(C)(CO)CO. The summed E-state index contributed by atoms with van der Waals surface area (Å²) < 4.78 is 22.9. The zero-order chi connectivity index (χ0) is 12.1. The van der Waals surface area contributed by atoms with Crippen molar-refractivity contribution in [3.8, 4) is 0 Å². The number of rotatable bonds is 7. The quantitative estimate of drug-likeness (QED) is 0.538. The van der Waals surface area contributed by atoms with Crippen LogP contribution in [0.2, 0.25) is 0 Å². The van der Waals surface area contributed by atoms with Gasteiger partial charge in [0.2, 0.25) is 0 Å². The molecular formula is C9H21NO4S. The fourth-order valence-electron chi connectivity index (χ4n) is 0.893. The van der Waals surface area contributed by atoms with Crippen LogP contribution in [-0.4, -0.2) is 54.9 Å². The second-order valence-corrected chi connectivity index (χ2v) is 6.90. The molecule has 0 aromatic carbocycles. The lowest BCUT2D eigenvalue weighted by molar-refractivity contribution is 0.106. The average Bonchev–Trinajstić information content (AvgIpc) is 2.17. The van der Waals surface area contributed by atoms with E-state index in [1.807, 2.05) is 0 Å². The van der Waals surface area contributed by atoms with Gasteiger partial charge in [-0.15, -0.1) is 0 Å². The molecule has 0 radical (unpaired) electrons. The van der Waals surface area contributed by atoms with Crippen molar-refractivity contribution in [3.63, 3.8) is 0 Å². The van der Waals surface area contributed by atoms with Gasteiger partial charge in [-0.25, -0.2) is 8.42 Å².